The highest BCUT2D eigenvalue weighted by atomic mass is 35.5. The molecule has 1 heterocycles. The number of rotatable bonds is 5. The summed E-state index contributed by atoms with van der Waals surface area (Å²) >= 11 is 10.9. The van der Waals surface area contributed by atoms with Crippen molar-refractivity contribution >= 4 is 40.9 Å². The molecule has 5 nitrogen and oxygen atoms in total. The quantitative estimate of drug-likeness (QED) is 0.603. The third-order valence-electron chi connectivity index (χ3n) is 3.65. The van der Waals surface area contributed by atoms with E-state index in [0.717, 1.165) is 0 Å². The first kappa shape index (κ1) is 18.2. The van der Waals surface area contributed by atoms with Crippen LogP contribution < -0.4 is 20.1 Å². The first-order valence-electron chi connectivity index (χ1n) is 7.55. The number of ether oxygens (including phenoxy) is 2. The molecule has 1 aliphatic rings. The van der Waals surface area contributed by atoms with Crippen LogP contribution in [0.2, 0.25) is 5.02 Å². The lowest BCUT2D eigenvalue weighted by molar-refractivity contribution is -0.115. The molecule has 0 aromatic heterocycles. The topological polar surface area (TPSA) is 59.6 Å². The van der Waals surface area contributed by atoms with Crippen LogP contribution in [0.1, 0.15) is 11.1 Å². The number of halogens is 2. The second kappa shape index (κ2) is 7.72. The van der Waals surface area contributed by atoms with Gasteiger partial charge in [-0.05, 0) is 48.1 Å². The lowest BCUT2D eigenvalue weighted by Gasteiger charge is -2.12. The van der Waals surface area contributed by atoms with Crippen LogP contribution in [0.25, 0.3) is 6.08 Å². The highest BCUT2D eigenvalue weighted by molar-refractivity contribution is 7.80. The van der Waals surface area contributed by atoms with Gasteiger partial charge in [-0.15, -0.1) is 0 Å². The van der Waals surface area contributed by atoms with Gasteiger partial charge in [-0.3, -0.25) is 10.1 Å². The molecule has 2 aromatic rings. The van der Waals surface area contributed by atoms with E-state index in [9.17, 15) is 9.18 Å². The van der Waals surface area contributed by atoms with Crippen LogP contribution in [0, 0.1) is 5.82 Å². The van der Waals surface area contributed by atoms with Gasteiger partial charge in [0.1, 0.15) is 18.1 Å². The van der Waals surface area contributed by atoms with Crippen molar-refractivity contribution in [3.63, 3.8) is 0 Å². The zero-order chi connectivity index (χ0) is 18.7. The van der Waals surface area contributed by atoms with Crippen LogP contribution >= 0.6 is 23.8 Å². The van der Waals surface area contributed by atoms with Crippen molar-refractivity contribution in [3.05, 3.63) is 64.1 Å². The molecule has 2 N–H and O–H groups in total. The van der Waals surface area contributed by atoms with Crippen LogP contribution in [0.3, 0.4) is 0 Å². The molecule has 8 heteroatoms. The molecule has 0 radical (unpaired) electrons. The Balaban J connectivity index is 1.80. The van der Waals surface area contributed by atoms with Gasteiger partial charge in [-0.25, -0.2) is 4.39 Å². The number of carbonyl (C=O) groups is 1. The first-order valence-corrected chi connectivity index (χ1v) is 8.34. The Kier molecular flexibility index (Phi) is 5.39. The van der Waals surface area contributed by atoms with E-state index in [0.29, 0.717) is 27.8 Å². The van der Waals surface area contributed by atoms with Crippen LogP contribution in [0.4, 0.5) is 4.39 Å². The summed E-state index contributed by atoms with van der Waals surface area (Å²) in [7, 11) is 1.49. The molecule has 26 heavy (non-hydrogen) atoms. The van der Waals surface area contributed by atoms with Crippen LogP contribution in [-0.2, 0) is 11.4 Å². The number of carbonyl (C=O) groups excluding carboxylic acids is 1. The molecule has 0 saturated carbocycles. The van der Waals surface area contributed by atoms with E-state index in [-0.39, 0.29) is 23.2 Å². The van der Waals surface area contributed by atoms with Crippen LogP contribution in [-0.4, -0.2) is 18.1 Å². The van der Waals surface area contributed by atoms with E-state index in [2.05, 4.69) is 10.6 Å². The van der Waals surface area contributed by atoms with E-state index in [1.165, 1.54) is 19.2 Å². The second-order valence-electron chi connectivity index (χ2n) is 5.37. The summed E-state index contributed by atoms with van der Waals surface area (Å²) in [6.45, 7) is -0.0411. The number of nitrogens with one attached hydrogen (secondary N) is 2. The van der Waals surface area contributed by atoms with Gasteiger partial charge in [0.05, 0.1) is 12.1 Å². The number of benzene rings is 2. The Morgan fingerprint density at radius 2 is 2.04 bits per heavy atom. The van der Waals surface area contributed by atoms with Gasteiger partial charge in [0.2, 0.25) is 0 Å². The van der Waals surface area contributed by atoms with Crippen molar-refractivity contribution in [2.24, 2.45) is 0 Å². The van der Waals surface area contributed by atoms with Crippen LogP contribution in [0.5, 0.6) is 11.5 Å². The summed E-state index contributed by atoms with van der Waals surface area (Å²) in [5.74, 6) is 0.122. The van der Waals surface area contributed by atoms with Crippen LogP contribution in [0.15, 0.2) is 42.1 Å². The third kappa shape index (κ3) is 3.95. The number of amides is 1. The van der Waals surface area contributed by atoms with Gasteiger partial charge in [-0.2, -0.15) is 0 Å². The Morgan fingerprint density at radius 1 is 1.23 bits per heavy atom. The molecular formula is C18H14ClFN2O3S. The number of hydrogen-bond donors (Lipinski definition) is 2. The van der Waals surface area contributed by atoms with Gasteiger partial charge >= 0.3 is 0 Å². The third-order valence-corrected chi connectivity index (χ3v) is 4.21. The van der Waals surface area contributed by atoms with Crippen molar-refractivity contribution < 1.29 is 18.7 Å². The Morgan fingerprint density at radius 3 is 2.69 bits per heavy atom. The van der Waals surface area contributed by atoms with E-state index in [1.807, 2.05) is 0 Å². The zero-order valence-electron chi connectivity index (χ0n) is 13.6. The average molecular weight is 393 g/mol. The highest BCUT2D eigenvalue weighted by Crippen LogP contribution is 2.31. The summed E-state index contributed by atoms with van der Waals surface area (Å²) < 4.78 is 24.8. The predicted octanol–water partition coefficient (Wildman–Crippen LogP) is 3.41. The van der Waals surface area contributed by atoms with E-state index < -0.39 is 5.82 Å². The molecule has 0 bridgehead atoms. The molecule has 1 fully saturated rings. The molecule has 2 aromatic carbocycles. The molecule has 1 saturated heterocycles. The van der Waals surface area contributed by atoms with Gasteiger partial charge in [0.25, 0.3) is 5.91 Å². The van der Waals surface area contributed by atoms with Gasteiger partial charge in [0, 0.05) is 5.56 Å². The predicted molar refractivity (Wildman–Crippen MR) is 101 cm³/mol. The first-order chi connectivity index (χ1) is 12.5. The van der Waals surface area contributed by atoms with E-state index in [1.54, 1.807) is 30.3 Å². The average Bonchev–Trinajstić information content (AvgIpc) is 2.92. The van der Waals surface area contributed by atoms with E-state index >= 15 is 0 Å². The fourth-order valence-corrected chi connectivity index (χ4v) is 2.78. The molecule has 1 aliphatic heterocycles. The number of methoxy groups -OCH3 is 1. The standard InChI is InChI=1S/C18H14ClFN2O3S/c1-24-16-8-10(7-14-17(23)22-18(26)21-14)5-6-15(16)25-9-11-12(19)3-2-4-13(11)20/h2-8H,9H2,1H3,(H2,21,22,23,26)/b14-7+. The number of thiocarbonyl (C=S) groups is 1. The lowest BCUT2D eigenvalue weighted by Crippen LogP contribution is -2.21. The summed E-state index contributed by atoms with van der Waals surface area (Å²) in [6.07, 6.45) is 1.63. The van der Waals surface area contributed by atoms with Crippen molar-refractivity contribution in [1.82, 2.24) is 10.6 Å². The second-order valence-corrected chi connectivity index (χ2v) is 6.18. The van der Waals surface area contributed by atoms with Gasteiger partial charge in [0.15, 0.2) is 16.6 Å². The molecule has 1 amide bonds. The normalized spacial score (nSPS) is 15.0. The minimum atomic E-state index is -0.438. The summed E-state index contributed by atoms with van der Waals surface area (Å²) in [4.78, 5) is 11.7. The minimum absolute atomic E-state index is 0.0411. The smallest absolute Gasteiger partial charge is 0.273 e. The van der Waals surface area contributed by atoms with Crippen molar-refractivity contribution in [2.45, 2.75) is 6.61 Å². The summed E-state index contributed by atoms with van der Waals surface area (Å²) in [5, 5.41) is 5.80. The minimum Gasteiger partial charge on any atom is -0.493 e. The highest BCUT2D eigenvalue weighted by Gasteiger charge is 2.20. The summed E-state index contributed by atoms with van der Waals surface area (Å²) in [6, 6.07) is 9.56. The maximum Gasteiger partial charge on any atom is 0.273 e. The monoisotopic (exact) mass is 392 g/mol. The van der Waals surface area contributed by atoms with Gasteiger partial charge in [-0.1, -0.05) is 23.7 Å². The Hall–Kier alpha value is -2.64. The molecule has 0 spiro atoms. The molecule has 3 rings (SSSR count). The molecule has 134 valence electrons. The number of hydrogen-bond acceptors (Lipinski definition) is 4. The SMILES string of the molecule is COc1cc(/C=C2/NC(=S)NC2=O)ccc1OCc1c(F)cccc1Cl. The van der Waals surface area contributed by atoms with E-state index in [4.69, 9.17) is 33.3 Å². The molecule has 0 unspecified atom stereocenters. The summed E-state index contributed by atoms with van der Waals surface area (Å²) in [5.41, 5.74) is 1.31. The Labute approximate surface area is 159 Å². The Bertz CT molecular complexity index is 897. The molecule has 0 aliphatic carbocycles. The maximum absolute atomic E-state index is 13.8. The largest absolute Gasteiger partial charge is 0.493 e. The van der Waals surface area contributed by atoms with Crippen molar-refractivity contribution in [1.29, 1.82) is 0 Å². The fraction of sp³-hybridized carbons (Fsp3) is 0.111. The van der Waals surface area contributed by atoms with Gasteiger partial charge < -0.3 is 14.8 Å². The van der Waals surface area contributed by atoms with Crippen molar-refractivity contribution in [3.8, 4) is 11.5 Å². The lowest BCUT2D eigenvalue weighted by atomic mass is 10.1. The van der Waals surface area contributed by atoms with Crippen molar-refractivity contribution in [2.75, 3.05) is 7.11 Å². The molecule has 0 atom stereocenters. The fourth-order valence-electron chi connectivity index (χ4n) is 2.36. The molecular weight excluding hydrogens is 379 g/mol. The maximum atomic E-state index is 13.8. The zero-order valence-corrected chi connectivity index (χ0v) is 15.2.